The summed E-state index contributed by atoms with van der Waals surface area (Å²) in [6.45, 7) is -0.0150. The molecule has 0 aliphatic heterocycles. The summed E-state index contributed by atoms with van der Waals surface area (Å²) in [5.41, 5.74) is -1.22. The molecule has 1 aromatic rings. The van der Waals surface area contributed by atoms with Crippen molar-refractivity contribution in [2.45, 2.75) is 12.5 Å². The highest BCUT2D eigenvalue weighted by Gasteiger charge is 2.18. The number of aliphatic hydroxyl groups excluding tert-OH is 1. The van der Waals surface area contributed by atoms with Crippen LogP contribution in [0.2, 0.25) is 0 Å². The first-order chi connectivity index (χ1) is 9.47. The van der Waals surface area contributed by atoms with Gasteiger partial charge in [0.2, 0.25) is 0 Å². The van der Waals surface area contributed by atoms with Gasteiger partial charge in [-0.15, -0.1) is 0 Å². The topological polar surface area (TPSA) is 100 Å². The van der Waals surface area contributed by atoms with E-state index in [0.29, 0.717) is 12.2 Å². The molecule has 1 heterocycles. The molecule has 0 radical (unpaired) electrons. The van der Waals surface area contributed by atoms with Gasteiger partial charge >= 0.3 is 5.69 Å². The van der Waals surface area contributed by atoms with Crippen LogP contribution in [-0.4, -0.2) is 38.9 Å². The molecule has 0 bridgehead atoms. The molecule has 0 aliphatic carbocycles. The molecule has 1 rings (SSSR count). The predicted octanol–water partition coefficient (Wildman–Crippen LogP) is -0.518. The highest BCUT2D eigenvalue weighted by Crippen LogP contribution is 2.12. The Morgan fingerprint density at radius 3 is 2.55 bits per heavy atom. The summed E-state index contributed by atoms with van der Waals surface area (Å²) in [5.74, 6) is 0.891. The normalized spacial score (nSPS) is 11.9. The number of hydrogen-bond acceptors (Lipinski definition) is 6. The minimum Gasteiger partial charge on any atom is -0.396 e. The second kappa shape index (κ2) is 7.17. The Hall–Kier alpha value is -1.72. The Bertz CT molecular complexity index is 623. The minimum atomic E-state index is -0.620. The molecule has 1 aromatic heterocycles. The maximum Gasteiger partial charge on any atom is 0.332 e. The van der Waals surface area contributed by atoms with Crippen molar-refractivity contribution in [1.82, 2.24) is 9.13 Å². The van der Waals surface area contributed by atoms with Crippen molar-refractivity contribution in [2.24, 2.45) is 14.1 Å². The van der Waals surface area contributed by atoms with Gasteiger partial charge in [-0.3, -0.25) is 13.9 Å². The minimum absolute atomic E-state index is 0.0150. The lowest BCUT2D eigenvalue weighted by Gasteiger charge is -2.21. The van der Waals surface area contributed by atoms with Crippen LogP contribution < -0.4 is 16.6 Å². The van der Waals surface area contributed by atoms with Gasteiger partial charge in [-0.1, -0.05) is 0 Å². The van der Waals surface area contributed by atoms with Crippen molar-refractivity contribution in [3.05, 3.63) is 26.4 Å². The highest BCUT2D eigenvalue weighted by molar-refractivity contribution is 7.98. The summed E-state index contributed by atoms with van der Waals surface area (Å²) in [7, 11) is 2.84. The van der Waals surface area contributed by atoms with Crippen LogP contribution in [0.5, 0.6) is 0 Å². The standard InChI is InChI=1S/C12H18N4O3S/c1-15-10(14-8(4-5-17)7-20-3)9(6-13)11(18)16(2)12(15)19/h8,14,17H,4-5,7H2,1-3H3. The number of rotatable bonds is 6. The van der Waals surface area contributed by atoms with Crippen LogP contribution in [0.25, 0.3) is 0 Å². The van der Waals surface area contributed by atoms with E-state index in [0.717, 1.165) is 4.57 Å². The Morgan fingerprint density at radius 2 is 2.05 bits per heavy atom. The third-order valence-electron chi connectivity index (χ3n) is 2.96. The molecular formula is C12H18N4O3S. The molecule has 20 heavy (non-hydrogen) atoms. The fraction of sp³-hybridized carbons (Fsp3) is 0.583. The van der Waals surface area contributed by atoms with Crippen molar-refractivity contribution in [3.63, 3.8) is 0 Å². The quantitative estimate of drug-likeness (QED) is 0.733. The van der Waals surface area contributed by atoms with Crippen LogP contribution in [-0.2, 0) is 14.1 Å². The average Bonchev–Trinajstić information content (AvgIpc) is 2.43. The van der Waals surface area contributed by atoms with Crippen LogP contribution in [0.15, 0.2) is 9.59 Å². The van der Waals surface area contributed by atoms with Gasteiger partial charge in [0.05, 0.1) is 0 Å². The van der Waals surface area contributed by atoms with Crippen LogP contribution in [0.4, 0.5) is 5.82 Å². The SMILES string of the molecule is CSCC(CCO)Nc1c(C#N)c(=O)n(C)c(=O)n1C. The maximum absolute atomic E-state index is 11.9. The van der Waals surface area contributed by atoms with E-state index in [1.165, 1.54) is 18.7 Å². The van der Waals surface area contributed by atoms with E-state index in [2.05, 4.69) is 5.32 Å². The third kappa shape index (κ3) is 3.23. The van der Waals surface area contributed by atoms with E-state index in [1.54, 1.807) is 11.8 Å². The molecule has 1 atom stereocenters. The zero-order chi connectivity index (χ0) is 15.3. The molecule has 0 spiro atoms. The molecule has 0 fully saturated rings. The molecule has 0 aromatic carbocycles. The van der Waals surface area contributed by atoms with Gasteiger partial charge in [0.15, 0.2) is 5.56 Å². The molecule has 1 unspecified atom stereocenters. The van der Waals surface area contributed by atoms with Crippen LogP contribution >= 0.6 is 11.8 Å². The molecule has 2 N–H and O–H groups in total. The van der Waals surface area contributed by atoms with E-state index < -0.39 is 11.2 Å². The number of aromatic nitrogens is 2. The lowest BCUT2D eigenvalue weighted by molar-refractivity contribution is 0.282. The highest BCUT2D eigenvalue weighted by atomic mass is 32.2. The van der Waals surface area contributed by atoms with Gasteiger partial charge in [-0.05, 0) is 12.7 Å². The number of aliphatic hydroxyl groups is 1. The number of nitrogens with zero attached hydrogens (tertiary/aromatic N) is 3. The molecule has 7 nitrogen and oxygen atoms in total. The van der Waals surface area contributed by atoms with E-state index >= 15 is 0 Å². The zero-order valence-electron chi connectivity index (χ0n) is 11.7. The lowest BCUT2D eigenvalue weighted by atomic mass is 10.2. The average molecular weight is 298 g/mol. The molecule has 0 saturated carbocycles. The largest absolute Gasteiger partial charge is 0.396 e. The maximum atomic E-state index is 11.9. The summed E-state index contributed by atoms with van der Waals surface area (Å²) in [4.78, 5) is 23.8. The van der Waals surface area contributed by atoms with Gasteiger partial charge in [0.25, 0.3) is 5.56 Å². The first-order valence-electron chi connectivity index (χ1n) is 6.04. The van der Waals surface area contributed by atoms with E-state index in [1.807, 2.05) is 12.3 Å². The van der Waals surface area contributed by atoms with Gasteiger partial charge in [-0.2, -0.15) is 17.0 Å². The molecule has 8 heteroatoms. The number of hydrogen-bond donors (Lipinski definition) is 2. The van der Waals surface area contributed by atoms with Crippen LogP contribution in [0, 0.1) is 11.3 Å². The lowest BCUT2D eigenvalue weighted by Crippen LogP contribution is -2.41. The van der Waals surface area contributed by atoms with Crippen molar-refractivity contribution in [2.75, 3.05) is 23.9 Å². The number of anilines is 1. The first-order valence-corrected chi connectivity index (χ1v) is 7.43. The van der Waals surface area contributed by atoms with Gasteiger partial charge in [0.1, 0.15) is 11.9 Å². The van der Waals surface area contributed by atoms with Crippen molar-refractivity contribution in [1.29, 1.82) is 5.26 Å². The Balaban J connectivity index is 3.34. The fourth-order valence-corrected chi connectivity index (χ4v) is 2.51. The molecule has 0 aliphatic rings. The summed E-state index contributed by atoms with van der Waals surface area (Å²) >= 11 is 1.57. The number of nitriles is 1. The summed E-state index contributed by atoms with van der Waals surface area (Å²) in [6.07, 6.45) is 2.38. The van der Waals surface area contributed by atoms with E-state index in [9.17, 15) is 9.59 Å². The van der Waals surface area contributed by atoms with Gasteiger partial charge in [0, 0.05) is 32.5 Å². The molecule has 110 valence electrons. The van der Waals surface area contributed by atoms with Gasteiger partial charge < -0.3 is 10.4 Å². The van der Waals surface area contributed by atoms with Crippen LogP contribution in [0.1, 0.15) is 12.0 Å². The summed E-state index contributed by atoms with van der Waals surface area (Å²) in [6, 6.07) is 1.71. The van der Waals surface area contributed by atoms with E-state index in [4.69, 9.17) is 10.4 Å². The van der Waals surface area contributed by atoms with Crippen molar-refractivity contribution < 1.29 is 5.11 Å². The molecule has 0 saturated heterocycles. The van der Waals surface area contributed by atoms with E-state index in [-0.39, 0.29) is 24.0 Å². The number of nitrogens with one attached hydrogen (secondary N) is 1. The second-order valence-corrected chi connectivity index (χ2v) is 5.26. The van der Waals surface area contributed by atoms with Gasteiger partial charge in [-0.25, -0.2) is 4.79 Å². The van der Waals surface area contributed by atoms with Crippen molar-refractivity contribution in [3.8, 4) is 6.07 Å². The summed E-state index contributed by atoms with van der Waals surface area (Å²) in [5, 5.41) is 21.2. The Kier molecular flexibility index (Phi) is 5.85. The predicted molar refractivity (Wildman–Crippen MR) is 79.1 cm³/mol. The fourth-order valence-electron chi connectivity index (χ4n) is 1.86. The molecule has 0 amide bonds. The van der Waals surface area contributed by atoms with Crippen molar-refractivity contribution >= 4 is 17.6 Å². The zero-order valence-corrected chi connectivity index (χ0v) is 12.5. The summed E-state index contributed by atoms with van der Waals surface area (Å²) < 4.78 is 2.14. The Morgan fingerprint density at radius 1 is 1.40 bits per heavy atom. The second-order valence-electron chi connectivity index (χ2n) is 4.35. The smallest absolute Gasteiger partial charge is 0.332 e. The number of thioether (sulfide) groups is 1. The molecular weight excluding hydrogens is 280 g/mol. The Labute approximate surface area is 120 Å². The third-order valence-corrected chi connectivity index (χ3v) is 3.70. The first kappa shape index (κ1) is 16.3. The monoisotopic (exact) mass is 298 g/mol. The van der Waals surface area contributed by atoms with Crippen LogP contribution in [0.3, 0.4) is 0 Å².